The molecule has 0 atom stereocenters. The summed E-state index contributed by atoms with van der Waals surface area (Å²) < 4.78 is 40.8. The van der Waals surface area contributed by atoms with Crippen LogP contribution in [0.3, 0.4) is 0 Å². The number of aromatic nitrogens is 1. The molecular formula is C9H4ClF3N2O2. The minimum absolute atomic E-state index is 0.0485. The van der Waals surface area contributed by atoms with Crippen LogP contribution in [0.1, 0.15) is 0 Å². The maximum atomic E-state index is 12.0. The summed E-state index contributed by atoms with van der Waals surface area (Å²) in [5, 5.41) is 1.56. The second kappa shape index (κ2) is 3.92. The lowest BCUT2D eigenvalue weighted by Gasteiger charge is -2.07. The maximum absolute atomic E-state index is 12.0. The quantitative estimate of drug-likeness (QED) is 0.861. The summed E-state index contributed by atoms with van der Waals surface area (Å²) >= 11 is 5.47. The van der Waals surface area contributed by atoms with Crippen molar-refractivity contribution in [3.05, 3.63) is 23.5 Å². The summed E-state index contributed by atoms with van der Waals surface area (Å²) in [5.74, 6) is -2.05. The molecule has 0 aliphatic heterocycles. The van der Waals surface area contributed by atoms with Crippen LogP contribution in [0, 0.1) is 0 Å². The van der Waals surface area contributed by atoms with Gasteiger partial charge in [-0.15, -0.1) is 0 Å². The van der Waals surface area contributed by atoms with Gasteiger partial charge in [0.05, 0.1) is 0 Å². The van der Waals surface area contributed by atoms with E-state index in [-0.39, 0.29) is 16.6 Å². The molecule has 0 aliphatic rings. The van der Waals surface area contributed by atoms with Gasteiger partial charge in [0.25, 0.3) is 5.35 Å². The molecule has 0 spiro atoms. The van der Waals surface area contributed by atoms with E-state index >= 15 is 0 Å². The third kappa shape index (κ3) is 2.50. The van der Waals surface area contributed by atoms with Crippen molar-refractivity contribution >= 4 is 34.3 Å². The van der Waals surface area contributed by atoms with Crippen LogP contribution in [0.4, 0.5) is 18.9 Å². The standard InChI is InChI=1S/C9H4ClF3N2O2/c10-8-15-5-2-1-4(3-6(5)17-8)14-7(16)9(11,12)13/h1-3H,(H,14,16). The topological polar surface area (TPSA) is 55.1 Å². The first-order valence-corrected chi connectivity index (χ1v) is 4.68. The zero-order valence-electron chi connectivity index (χ0n) is 8.01. The summed E-state index contributed by atoms with van der Waals surface area (Å²) in [5.41, 5.74) is 0.530. The first-order chi connectivity index (χ1) is 7.86. The van der Waals surface area contributed by atoms with Gasteiger partial charge in [-0.05, 0) is 23.7 Å². The number of benzene rings is 1. The van der Waals surface area contributed by atoms with Gasteiger partial charge in [0, 0.05) is 11.8 Å². The van der Waals surface area contributed by atoms with Crippen LogP contribution in [0.15, 0.2) is 22.6 Å². The molecular weight excluding hydrogens is 261 g/mol. The predicted molar refractivity (Wildman–Crippen MR) is 53.7 cm³/mol. The number of anilines is 1. The average Bonchev–Trinajstić information content (AvgIpc) is 2.55. The number of carbonyl (C=O) groups is 1. The lowest BCUT2D eigenvalue weighted by molar-refractivity contribution is -0.167. The van der Waals surface area contributed by atoms with Crippen molar-refractivity contribution in [1.82, 2.24) is 4.98 Å². The number of halogens is 4. The Bertz CT molecular complexity index is 579. The molecule has 0 fully saturated rings. The molecule has 1 aromatic carbocycles. The number of rotatable bonds is 1. The van der Waals surface area contributed by atoms with E-state index in [1.807, 2.05) is 0 Å². The van der Waals surface area contributed by atoms with Crippen LogP contribution in [-0.2, 0) is 4.79 Å². The van der Waals surface area contributed by atoms with Crippen molar-refractivity contribution < 1.29 is 22.4 Å². The first kappa shape index (κ1) is 11.7. The predicted octanol–water partition coefficient (Wildman–Crippen LogP) is 2.98. The second-order valence-corrected chi connectivity index (χ2v) is 3.42. The molecule has 90 valence electrons. The smallest absolute Gasteiger partial charge is 0.427 e. The highest BCUT2D eigenvalue weighted by atomic mass is 35.5. The van der Waals surface area contributed by atoms with E-state index in [0.29, 0.717) is 5.52 Å². The molecule has 0 saturated heterocycles. The Kier molecular flexibility index (Phi) is 2.70. The molecule has 2 rings (SSSR count). The number of amides is 1. The Morgan fingerprint density at radius 2 is 2.12 bits per heavy atom. The molecule has 2 aromatic rings. The number of carbonyl (C=O) groups excluding carboxylic acids is 1. The molecule has 8 heteroatoms. The summed E-state index contributed by atoms with van der Waals surface area (Å²) in [6, 6.07) is 3.86. The normalized spacial score (nSPS) is 11.8. The Balaban J connectivity index is 2.28. The van der Waals surface area contributed by atoms with Crippen molar-refractivity contribution in [3.8, 4) is 0 Å². The van der Waals surface area contributed by atoms with E-state index in [4.69, 9.17) is 16.0 Å². The van der Waals surface area contributed by atoms with Gasteiger partial charge in [-0.3, -0.25) is 4.79 Å². The Morgan fingerprint density at radius 1 is 1.41 bits per heavy atom. The van der Waals surface area contributed by atoms with Crippen LogP contribution >= 0.6 is 11.6 Å². The number of nitrogens with zero attached hydrogens (tertiary/aromatic N) is 1. The average molecular weight is 265 g/mol. The van der Waals surface area contributed by atoms with Crippen molar-refractivity contribution in [2.24, 2.45) is 0 Å². The summed E-state index contributed by atoms with van der Waals surface area (Å²) in [7, 11) is 0. The van der Waals surface area contributed by atoms with E-state index in [1.165, 1.54) is 18.2 Å². The van der Waals surface area contributed by atoms with Crippen molar-refractivity contribution in [3.63, 3.8) is 0 Å². The molecule has 0 saturated carbocycles. The van der Waals surface area contributed by atoms with Gasteiger partial charge in [-0.2, -0.15) is 18.2 Å². The summed E-state index contributed by atoms with van der Waals surface area (Å²) in [6.07, 6.45) is -4.94. The SMILES string of the molecule is O=C(Nc1ccc2nc(Cl)oc2c1)C(F)(F)F. The lowest BCUT2D eigenvalue weighted by Crippen LogP contribution is -2.29. The van der Waals surface area contributed by atoms with Gasteiger partial charge in [-0.25, -0.2) is 0 Å². The number of alkyl halides is 3. The number of oxazole rings is 1. The fraction of sp³-hybridized carbons (Fsp3) is 0.111. The molecule has 0 aliphatic carbocycles. The van der Waals surface area contributed by atoms with E-state index in [2.05, 4.69) is 4.98 Å². The molecule has 1 N–H and O–H groups in total. The number of nitrogens with one attached hydrogen (secondary N) is 1. The summed E-state index contributed by atoms with van der Waals surface area (Å²) in [6.45, 7) is 0. The molecule has 4 nitrogen and oxygen atoms in total. The van der Waals surface area contributed by atoms with Gasteiger partial charge in [0.2, 0.25) is 0 Å². The zero-order valence-corrected chi connectivity index (χ0v) is 8.76. The van der Waals surface area contributed by atoms with Crippen molar-refractivity contribution in [2.45, 2.75) is 6.18 Å². The van der Waals surface area contributed by atoms with Gasteiger partial charge < -0.3 is 9.73 Å². The highest BCUT2D eigenvalue weighted by Gasteiger charge is 2.38. The minimum atomic E-state index is -4.94. The molecule has 0 radical (unpaired) electrons. The van der Waals surface area contributed by atoms with Crippen molar-refractivity contribution in [2.75, 3.05) is 5.32 Å². The molecule has 17 heavy (non-hydrogen) atoms. The number of hydrogen-bond donors (Lipinski definition) is 1. The first-order valence-electron chi connectivity index (χ1n) is 4.30. The van der Waals surface area contributed by atoms with Gasteiger partial charge in [0.1, 0.15) is 5.52 Å². The molecule has 1 amide bonds. The third-order valence-electron chi connectivity index (χ3n) is 1.88. The van der Waals surface area contributed by atoms with E-state index in [9.17, 15) is 18.0 Å². The third-order valence-corrected chi connectivity index (χ3v) is 2.04. The van der Waals surface area contributed by atoms with Gasteiger partial charge in [-0.1, -0.05) is 0 Å². The van der Waals surface area contributed by atoms with Crippen LogP contribution in [0.5, 0.6) is 0 Å². The highest BCUT2D eigenvalue weighted by molar-refractivity contribution is 6.28. The largest absolute Gasteiger partial charge is 0.471 e. The summed E-state index contributed by atoms with van der Waals surface area (Å²) in [4.78, 5) is 14.4. The Hall–Kier alpha value is -1.76. The van der Waals surface area contributed by atoms with E-state index in [0.717, 1.165) is 0 Å². The fourth-order valence-electron chi connectivity index (χ4n) is 1.18. The van der Waals surface area contributed by atoms with Crippen LogP contribution in [0.2, 0.25) is 5.35 Å². The minimum Gasteiger partial charge on any atom is -0.427 e. The van der Waals surface area contributed by atoms with Crippen LogP contribution in [0.25, 0.3) is 11.1 Å². The Labute approximate surface area is 97.4 Å². The zero-order chi connectivity index (χ0) is 12.6. The Morgan fingerprint density at radius 3 is 2.76 bits per heavy atom. The molecule has 1 heterocycles. The van der Waals surface area contributed by atoms with Crippen LogP contribution in [-0.4, -0.2) is 17.1 Å². The van der Waals surface area contributed by atoms with Crippen LogP contribution < -0.4 is 5.32 Å². The van der Waals surface area contributed by atoms with E-state index < -0.39 is 12.1 Å². The number of hydrogen-bond acceptors (Lipinski definition) is 3. The second-order valence-electron chi connectivity index (χ2n) is 3.10. The molecule has 0 bridgehead atoms. The lowest BCUT2D eigenvalue weighted by atomic mass is 10.3. The van der Waals surface area contributed by atoms with Gasteiger partial charge in [0.15, 0.2) is 5.58 Å². The maximum Gasteiger partial charge on any atom is 0.471 e. The molecule has 0 unspecified atom stereocenters. The molecule has 1 aromatic heterocycles. The monoisotopic (exact) mass is 264 g/mol. The van der Waals surface area contributed by atoms with E-state index in [1.54, 1.807) is 5.32 Å². The van der Waals surface area contributed by atoms with Crippen molar-refractivity contribution in [1.29, 1.82) is 0 Å². The number of fused-ring (bicyclic) bond motifs is 1. The van der Waals surface area contributed by atoms with Gasteiger partial charge >= 0.3 is 12.1 Å². The fourth-order valence-corrected chi connectivity index (χ4v) is 1.35. The highest BCUT2D eigenvalue weighted by Crippen LogP contribution is 2.24.